The van der Waals surface area contributed by atoms with Gasteiger partial charge in [0.25, 0.3) is 0 Å². The van der Waals surface area contributed by atoms with Gasteiger partial charge in [-0.15, -0.1) is 0 Å². The molecular formula is C10H19NO3. The molecule has 14 heavy (non-hydrogen) atoms. The molecule has 4 heteroatoms. The van der Waals surface area contributed by atoms with E-state index in [9.17, 15) is 9.59 Å². The average Bonchev–Trinajstić information content (AvgIpc) is 2.13. The molecule has 0 bridgehead atoms. The van der Waals surface area contributed by atoms with Crippen LogP contribution >= 0.6 is 0 Å². The number of hydrogen-bond donors (Lipinski definition) is 1. The third kappa shape index (κ3) is 4.84. The summed E-state index contributed by atoms with van der Waals surface area (Å²) >= 11 is 0. The van der Waals surface area contributed by atoms with Gasteiger partial charge in [-0.1, -0.05) is 13.8 Å². The fourth-order valence-electron chi connectivity index (χ4n) is 1.11. The van der Waals surface area contributed by atoms with Crippen molar-refractivity contribution in [3.8, 4) is 0 Å². The van der Waals surface area contributed by atoms with Gasteiger partial charge in [0.05, 0.1) is 6.61 Å². The van der Waals surface area contributed by atoms with E-state index in [2.05, 4.69) is 0 Å². The molecule has 0 saturated heterocycles. The molecule has 0 aliphatic heterocycles. The van der Waals surface area contributed by atoms with Crippen LogP contribution in [0.3, 0.4) is 0 Å². The third-order valence-electron chi connectivity index (χ3n) is 2.41. The largest absolute Gasteiger partial charge is 0.466 e. The second-order valence-electron chi connectivity index (χ2n) is 3.51. The van der Waals surface area contributed by atoms with Crippen molar-refractivity contribution in [2.75, 3.05) is 6.61 Å². The van der Waals surface area contributed by atoms with Crippen molar-refractivity contribution < 1.29 is 14.3 Å². The first-order chi connectivity index (χ1) is 6.49. The molecule has 0 rings (SSSR count). The number of carbonyl (C=O) groups is 2. The van der Waals surface area contributed by atoms with Gasteiger partial charge < -0.3 is 10.5 Å². The molecule has 0 aliphatic carbocycles. The SMILES string of the molecule is CCOC(=O)CCC(C)C(C)C(N)=O. The second-order valence-corrected chi connectivity index (χ2v) is 3.51. The summed E-state index contributed by atoms with van der Waals surface area (Å²) in [6.07, 6.45) is 0.996. The Hall–Kier alpha value is -1.06. The van der Waals surface area contributed by atoms with Crippen LogP contribution in [0.2, 0.25) is 0 Å². The monoisotopic (exact) mass is 201 g/mol. The van der Waals surface area contributed by atoms with E-state index in [4.69, 9.17) is 10.5 Å². The summed E-state index contributed by atoms with van der Waals surface area (Å²) in [6.45, 7) is 5.86. The number of rotatable bonds is 6. The van der Waals surface area contributed by atoms with Crippen LogP contribution < -0.4 is 5.73 Å². The Kier molecular flexibility index (Phi) is 5.92. The van der Waals surface area contributed by atoms with Gasteiger partial charge in [0.15, 0.2) is 0 Å². The van der Waals surface area contributed by atoms with Crippen molar-refractivity contribution in [3.05, 3.63) is 0 Å². The van der Waals surface area contributed by atoms with Crippen LogP contribution in [0.5, 0.6) is 0 Å². The fraction of sp³-hybridized carbons (Fsp3) is 0.800. The summed E-state index contributed by atoms with van der Waals surface area (Å²) in [7, 11) is 0. The zero-order chi connectivity index (χ0) is 11.1. The summed E-state index contributed by atoms with van der Waals surface area (Å²) in [4.78, 5) is 21.8. The molecule has 0 heterocycles. The van der Waals surface area contributed by atoms with Crippen molar-refractivity contribution in [3.63, 3.8) is 0 Å². The van der Waals surface area contributed by atoms with Gasteiger partial charge in [0.1, 0.15) is 0 Å². The number of amides is 1. The minimum atomic E-state index is -0.318. The van der Waals surface area contributed by atoms with E-state index in [1.165, 1.54) is 0 Å². The smallest absolute Gasteiger partial charge is 0.305 e. The Morgan fingerprint density at radius 3 is 2.36 bits per heavy atom. The Morgan fingerprint density at radius 1 is 1.36 bits per heavy atom. The molecule has 0 aromatic rings. The minimum absolute atomic E-state index is 0.122. The molecule has 2 N–H and O–H groups in total. The van der Waals surface area contributed by atoms with Crippen molar-refractivity contribution in [1.82, 2.24) is 0 Å². The van der Waals surface area contributed by atoms with Crippen LogP contribution in [0.1, 0.15) is 33.6 Å². The lowest BCUT2D eigenvalue weighted by molar-refractivity contribution is -0.143. The summed E-state index contributed by atoms with van der Waals surface area (Å²) in [6, 6.07) is 0. The second kappa shape index (κ2) is 6.40. The van der Waals surface area contributed by atoms with E-state index < -0.39 is 0 Å². The molecule has 0 radical (unpaired) electrons. The number of hydrogen-bond acceptors (Lipinski definition) is 3. The summed E-state index contributed by atoms with van der Waals surface area (Å²) in [5, 5.41) is 0. The van der Waals surface area contributed by atoms with Gasteiger partial charge in [-0.05, 0) is 19.3 Å². The van der Waals surface area contributed by atoms with Crippen molar-refractivity contribution in [1.29, 1.82) is 0 Å². The van der Waals surface area contributed by atoms with Crippen LogP contribution in [0, 0.1) is 11.8 Å². The van der Waals surface area contributed by atoms with Gasteiger partial charge in [-0.2, -0.15) is 0 Å². The molecule has 0 aliphatic rings. The number of nitrogens with two attached hydrogens (primary N) is 1. The van der Waals surface area contributed by atoms with E-state index in [0.29, 0.717) is 19.4 Å². The maximum Gasteiger partial charge on any atom is 0.305 e. The van der Waals surface area contributed by atoms with Gasteiger partial charge in [0.2, 0.25) is 5.91 Å². The van der Waals surface area contributed by atoms with Gasteiger partial charge in [-0.3, -0.25) is 9.59 Å². The highest BCUT2D eigenvalue weighted by molar-refractivity contribution is 5.76. The predicted molar refractivity (Wildman–Crippen MR) is 53.4 cm³/mol. The van der Waals surface area contributed by atoms with Crippen molar-refractivity contribution in [2.24, 2.45) is 17.6 Å². The number of esters is 1. The topological polar surface area (TPSA) is 69.4 Å². The maximum absolute atomic E-state index is 11.0. The first kappa shape index (κ1) is 12.9. The molecule has 82 valence electrons. The van der Waals surface area contributed by atoms with E-state index in [1.807, 2.05) is 6.92 Å². The Bertz CT molecular complexity index is 204. The molecule has 0 aromatic heterocycles. The van der Waals surface area contributed by atoms with Crippen LogP contribution in [0.4, 0.5) is 0 Å². The Labute approximate surface area is 84.8 Å². The van der Waals surface area contributed by atoms with Crippen LogP contribution in [-0.2, 0) is 14.3 Å². The molecule has 2 atom stereocenters. The molecule has 0 aromatic carbocycles. The number of ether oxygens (including phenoxy) is 1. The van der Waals surface area contributed by atoms with Crippen LogP contribution in [-0.4, -0.2) is 18.5 Å². The lowest BCUT2D eigenvalue weighted by Gasteiger charge is -2.15. The Balaban J connectivity index is 3.78. The standard InChI is InChI=1S/C10H19NO3/c1-4-14-9(12)6-5-7(2)8(3)10(11)13/h7-8H,4-6H2,1-3H3,(H2,11,13). The lowest BCUT2D eigenvalue weighted by atomic mass is 9.91. The van der Waals surface area contributed by atoms with Gasteiger partial charge >= 0.3 is 5.97 Å². The van der Waals surface area contributed by atoms with E-state index >= 15 is 0 Å². The van der Waals surface area contributed by atoms with Crippen molar-refractivity contribution >= 4 is 11.9 Å². The summed E-state index contributed by atoms with van der Waals surface area (Å²) in [5.74, 6) is -0.598. The minimum Gasteiger partial charge on any atom is -0.466 e. The molecule has 1 amide bonds. The molecule has 0 fully saturated rings. The highest BCUT2D eigenvalue weighted by Crippen LogP contribution is 2.16. The first-order valence-electron chi connectivity index (χ1n) is 4.94. The molecule has 2 unspecified atom stereocenters. The molecule has 0 saturated carbocycles. The number of primary amides is 1. The highest BCUT2D eigenvalue weighted by atomic mass is 16.5. The summed E-state index contributed by atoms with van der Waals surface area (Å²) in [5.41, 5.74) is 5.15. The van der Waals surface area contributed by atoms with Crippen LogP contribution in [0.25, 0.3) is 0 Å². The molecule has 4 nitrogen and oxygen atoms in total. The zero-order valence-corrected chi connectivity index (χ0v) is 9.08. The van der Waals surface area contributed by atoms with Crippen LogP contribution in [0.15, 0.2) is 0 Å². The maximum atomic E-state index is 11.0. The van der Waals surface area contributed by atoms with E-state index in [1.54, 1.807) is 13.8 Å². The first-order valence-corrected chi connectivity index (χ1v) is 4.94. The zero-order valence-electron chi connectivity index (χ0n) is 9.08. The Morgan fingerprint density at radius 2 is 1.93 bits per heavy atom. The molecule has 0 spiro atoms. The number of carbonyl (C=O) groups excluding carboxylic acids is 2. The quantitative estimate of drug-likeness (QED) is 0.654. The van der Waals surface area contributed by atoms with Crippen molar-refractivity contribution in [2.45, 2.75) is 33.6 Å². The molecular weight excluding hydrogens is 182 g/mol. The third-order valence-corrected chi connectivity index (χ3v) is 2.41. The van der Waals surface area contributed by atoms with E-state index in [-0.39, 0.29) is 23.7 Å². The predicted octanol–water partition coefficient (Wildman–Crippen LogP) is 1.09. The highest BCUT2D eigenvalue weighted by Gasteiger charge is 2.18. The van der Waals surface area contributed by atoms with E-state index in [0.717, 1.165) is 0 Å². The fourth-order valence-corrected chi connectivity index (χ4v) is 1.11. The normalized spacial score (nSPS) is 14.5. The van der Waals surface area contributed by atoms with Gasteiger partial charge in [0, 0.05) is 12.3 Å². The average molecular weight is 201 g/mol. The summed E-state index contributed by atoms with van der Waals surface area (Å²) < 4.78 is 4.78. The van der Waals surface area contributed by atoms with Gasteiger partial charge in [-0.25, -0.2) is 0 Å². The lowest BCUT2D eigenvalue weighted by Crippen LogP contribution is -2.26.